The minimum Gasteiger partial charge on any atom is -0.350 e. The summed E-state index contributed by atoms with van der Waals surface area (Å²) in [5, 5.41) is 2.98. The summed E-state index contributed by atoms with van der Waals surface area (Å²) < 4.78 is 40.3. The maximum Gasteiger partial charge on any atom is 0.244 e. The van der Waals surface area contributed by atoms with Gasteiger partial charge in [-0.05, 0) is 57.0 Å². The topological polar surface area (TPSA) is 86.8 Å². The Bertz CT molecular complexity index is 1400. The predicted molar refractivity (Wildman–Crippen MR) is 152 cm³/mol. The lowest BCUT2D eigenvalue weighted by molar-refractivity contribution is -0.140. The number of halogens is 1. The van der Waals surface area contributed by atoms with Gasteiger partial charge >= 0.3 is 0 Å². The van der Waals surface area contributed by atoms with Crippen molar-refractivity contribution in [2.45, 2.75) is 52.2 Å². The Labute approximate surface area is 230 Å². The number of rotatable bonds is 10. The third-order valence-electron chi connectivity index (χ3n) is 5.98. The van der Waals surface area contributed by atoms with Gasteiger partial charge in [-0.2, -0.15) is 0 Å². The maximum atomic E-state index is 14.0. The minimum absolute atomic E-state index is 0.0279. The molecule has 0 aromatic heterocycles. The fourth-order valence-corrected chi connectivity index (χ4v) is 5.10. The number of aryl methyl sites for hydroxylation is 1. The molecule has 0 heterocycles. The van der Waals surface area contributed by atoms with Gasteiger partial charge in [-0.3, -0.25) is 13.9 Å². The van der Waals surface area contributed by atoms with E-state index in [0.717, 1.165) is 33.3 Å². The summed E-state index contributed by atoms with van der Waals surface area (Å²) in [4.78, 5) is 29.1. The third kappa shape index (κ3) is 8.92. The van der Waals surface area contributed by atoms with E-state index in [1.807, 2.05) is 82.3 Å². The van der Waals surface area contributed by atoms with Gasteiger partial charge in [0.05, 0.1) is 11.9 Å². The van der Waals surface area contributed by atoms with Crippen molar-refractivity contribution in [1.82, 2.24) is 10.2 Å². The summed E-state index contributed by atoms with van der Waals surface area (Å²) in [7, 11) is -3.96. The molecule has 3 aromatic rings. The summed E-state index contributed by atoms with van der Waals surface area (Å²) >= 11 is 0. The minimum atomic E-state index is -3.96. The van der Waals surface area contributed by atoms with Crippen LogP contribution >= 0.6 is 0 Å². The van der Waals surface area contributed by atoms with E-state index in [9.17, 15) is 22.4 Å². The Balaban J connectivity index is 2.08. The van der Waals surface area contributed by atoms with Gasteiger partial charge in [-0.1, -0.05) is 66.2 Å². The first-order valence-corrected chi connectivity index (χ1v) is 14.5. The molecule has 208 valence electrons. The maximum absolute atomic E-state index is 14.0. The smallest absolute Gasteiger partial charge is 0.244 e. The molecule has 0 saturated heterocycles. The van der Waals surface area contributed by atoms with Crippen molar-refractivity contribution in [3.8, 4) is 0 Å². The number of amides is 2. The molecule has 0 aliphatic rings. The largest absolute Gasteiger partial charge is 0.350 e. The van der Waals surface area contributed by atoms with E-state index >= 15 is 0 Å². The molecule has 9 heteroatoms. The fourth-order valence-electron chi connectivity index (χ4n) is 4.26. The highest BCUT2D eigenvalue weighted by molar-refractivity contribution is 7.92. The number of sulfonamides is 1. The van der Waals surface area contributed by atoms with Crippen LogP contribution in [0.3, 0.4) is 0 Å². The van der Waals surface area contributed by atoms with Gasteiger partial charge in [0.15, 0.2) is 0 Å². The average molecular weight is 554 g/mol. The summed E-state index contributed by atoms with van der Waals surface area (Å²) in [5.74, 6) is -1.57. The van der Waals surface area contributed by atoms with Crippen LogP contribution < -0.4 is 9.62 Å². The van der Waals surface area contributed by atoms with E-state index < -0.39 is 39.9 Å². The second-order valence-corrected chi connectivity index (χ2v) is 12.6. The zero-order chi connectivity index (χ0) is 28.8. The van der Waals surface area contributed by atoms with Gasteiger partial charge in [0, 0.05) is 18.5 Å². The summed E-state index contributed by atoms with van der Waals surface area (Å²) in [6.45, 7) is 6.98. The average Bonchev–Trinajstić information content (AvgIpc) is 2.83. The van der Waals surface area contributed by atoms with Crippen LogP contribution in [-0.2, 0) is 32.6 Å². The van der Waals surface area contributed by atoms with Crippen LogP contribution in [0.1, 0.15) is 37.5 Å². The first-order valence-electron chi connectivity index (χ1n) is 12.7. The number of anilines is 1. The molecule has 1 N–H and O–H groups in total. The molecule has 0 aliphatic carbocycles. The quantitative estimate of drug-likeness (QED) is 0.402. The molecule has 0 unspecified atom stereocenters. The molecular formula is C30H36FN3O4S. The third-order valence-corrected chi connectivity index (χ3v) is 7.12. The molecule has 0 radical (unpaired) electrons. The van der Waals surface area contributed by atoms with E-state index in [-0.39, 0.29) is 24.6 Å². The van der Waals surface area contributed by atoms with E-state index in [2.05, 4.69) is 5.32 Å². The molecule has 7 nitrogen and oxygen atoms in total. The monoisotopic (exact) mass is 553 g/mol. The second kappa shape index (κ2) is 12.4. The highest BCUT2D eigenvalue weighted by Crippen LogP contribution is 2.21. The van der Waals surface area contributed by atoms with Gasteiger partial charge in [-0.15, -0.1) is 0 Å². The Hall–Kier alpha value is -3.72. The summed E-state index contributed by atoms with van der Waals surface area (Å²) in [6, 6.07) is 21.0. The standard InChI is InChI=1S/C30H36FN3O4S/c1-22-11-9-14-24(17-22)20-33(27(29(36)32-30(2,3)4)18-23-12-7-6-8-13-23)28(35)21-34(39(5,37)38)26-16-10-15-25(31)19-26/h6-17,19,27H,18,20-21H2,1-5H3,(H,32,36)/t27-/m1/s1. The second-order valence-electron chi connectivity index (χ2n) is 10.7. The molecule has 0 aliphatic heterocycles. The zero-order valence-corrected chi connectivity index (χ0v) is 23.8. The van der Waals surface area contributed by atoms with Crippen molar-refractivity contribution >= 4 is 27.5 Å². The molecule has 0 bridgehead atoms. The summed E-state index contributed by atoms with van der Waals surface area (Å²) in [5.41, 5.74) is 2.08. The van der Waals surface area contributed by atoms with Crippen LogP contribution in [0.4, 0.5) is 10.1 Å². The molecular weight excluding hydrogens is 517 g/mol. The van der Waals surface area contributed by atoms with Crippen molar-refractivity contribution in [3.63, 3.8) is 0 Å². The molecule has 1 atom stereocenters. The van der Waals surface area contributed by atoms with E-state index in [0.29, 0.717) is 0 Å². The van der Waals surface area contributed by atoms with Crippen molar-refractivity contribution in [2.24, 2.45) is 0 Å². The molecule has 2 amide bonds. The van der Waals surface area contributed by atoms with Gasteiger partial charge in [-0.25, -0.2) is 12.8 Å². The molecule has 3 aromatic carbocycles. The number of carbonyl (C=O) groups excluding carboxylic acids is 2. The van der Waals surface area contributed by atoms with Crippen LogP contribution in [0.2, 0.25) is 0 Å². The number of hydrogen-bond acceptors (Lipinski definition) is 4. The van der Waals surface area contributed by atoms with Gasteiger partial charge in [0.2, 0.25) is 21.8 Å². The van der Waals surface area contributed by atoms with Gasteiger partial charge in [0.25, 0.3) is 0 Å². The van der Waals surface area contributed by atoms with Crippen molar-refractivity contribution in [3.05, 3.63) is 101 Å². The normalized spacial score (nSPS) is 12.5. The molecule has 0 saturated carbocycles. The SMILES string of the molecule is Cc1cccc(CN(C(=O)CN(c2cccc(F)c2)S(C)(=O)=O)[C@H](Cc2ccccc2)C(=O)NC(C)(C)C)c1. The number of nitrogens with one attached hydrogen (secondary N) is 1. The molecule has 39 heavy (non-hydrogen) atoms. The van der Waals surface area contributed by atoms with Gasteiger partial charge in [0.1, 0.15) is 18.4 Å². The molecule has 0 spiro atoms. The van der Waals surface area contributed by atoms with Gasteiger partial charge < -0.3 is 10.2 Å². The Morgan fingerprint density at radius 2 is 1.56 bits per heavy atom. The lowest BCUT2D eigenvalue weighted by Gasteiger charge is -2.35. The van der Waals surface area contributed by atoms with Crippen molar-refractivity contribution in [1.29, 1.82) is 0 Å². The Morgan fingerprint density at radius 3 is 2.15 bits per heavy atom. The highest BCUT2D eigenvalue weighted by Gasteiger charge is 2.34. The van der Waals surface area contributed by atoms with E-state index in [1.165, 1.54) is 23.1 Å². The first-order chi connectivity index (χ1) is 18.2. The molecule has 3 rings (SSSR count). The van der Waals surface area contributed by atoms with Crippen molar-refractivity contribution < 1.29 is 22.4 Å². The zero-order valence-electron chi connectivity index (χ0n) is 23.0. The van der Waals surface area contributed by atoms with Crippen LogP contribution in [0, 0.1) is 12.7 Å². The highest BCUT2D eigenvalue weighted by atomic mass is 32.2. The Morgan fingerprint density at radius 1 is 0.923 bits per heavy atom. The lowest BCUT2D eigenvalue weighted by Crippen LogP contribution is -2.56. The summed E-state index contributed by atoms with van der Waals surface area (Å²) in [6.07, 6.45) is 1.18. The van der Waals surface area contributed by atoms with E-state index in [1.54, 1.807) is 0 Å². The first kappa shape index (κ1) is 29.8. The van der Waals surface area contributed by atoms with E-state index in [4.69, 9.17) is 0 Å². The number of carbonyl (C=O) groups is 2. The number of hydrogen-bond donors (Lipinski definition) is 1. The number of benzene rings is 3. The predicted octanol–water partition coefficient (Wildman–Crippen LogP) is 4.45. The van der Waals surface area contributed by atoms with Crippen LogP contribution in [0.25, 0.3) is 0 Å². The number of nitrogens with zero attached hydrogens (tertiary/aromatic N) is 2. The Kier molecular flexibility index (Phi) is 9.50. The van der Waals surface area contributed by atoms with Crippen LogP contribution in [0.5, 0.6) is 0 Å². The fraction of sp³-hybridized carbons (Fsp3) is 0.333. The van der Waals surface area contributed by atoms with Crippen LogP contribution in [-0.4, -0.2) is 49.5 Å². The lowest BCUT2D eigenvalue weighted by atomic mass is 10.0. The molecule has 0 fully saturated rings. The van der Waals surface area contributed by atoms with Crippen molar-refractivity contribution in [2.75, 3.05) is 17.1 Å². The van der Waals surface area contributed by atoms with Crippen LogP contribution in [0.15, 0.2) is 78.9 Å².